The van der Waals surface area contributed by atoms with Crippen LogP contribution < -0.4 is 0 Å². The molecule has 0 amide bonds. The summed E-state index contributed by atoms with van der Waals surface area (Å²) in [5.74, 6) is 4.49. The molecular formula is C38H52N12. The third-order valence-corrected chi connectivity index (χ3v) is 12.1. The maximum Gasteiger partial charge on any atom is 0.201 e. The van der Waals surface area contributed by atoms with Crippen molar-refractivity contribution in [3.63, 3.8) is 0 Å². The second kappa shape index (κ2) is 12.8. The Labute approximate surface area is 296 Å². The van der Waals surface area contributed by atoms with Gasteiger partial charge in [-0.3, -0.25) is 0 Å². The Bertz CT molecular complexity index is 1420. The molecule has 0 bridgehead atoms. The van der Waals surface area contributed by atoms with E-state index in [1.807, 2.05) is 0 Å². The molecule has 2 aromatic carbocycles. The largest absolute Gasteiger partial charge is 0.342 e. The molecule has 10 rings (SSSR count). The first-order valence-corrected chi connectivity index (χ1v) is 19.7. The minimum atomic E-state index is 0.985. The number of benzene rings is 2. The van der Waals surface area contributed by atoms with Gasteiger partial charge in [0.2, 0.25) is 23.8 Å². The second-order valence-electron chi connectivity index (χ2n) is 15.3. The normalized spacial score (nSPS) is 22.2. The zero-order chi connectivity index (χ0) is 33.0. The average Bonchev–Trinajstić information content (AvgIpc) is 2.87. The molecule has 0 unspecified atom stereocenters. The standard InChI is InChI=1S/C38H52N12/c1-13-43(14-1)35(44-15-2-16-44)39-29-9-10-31(41-37(47-21-5-22-47)48-23-6-24-48)34-32(42-38(49-25-7-26-49)50-27-8-28-50)12-11-30(33(29)34)40-36(45-17-3-18-45)46-19-4-20-46/h9-12H,1-8,13-28H2. The fraction of sp³-hybridized carbons (Fsp3) is 0.632. The quantitative estimate of drug-likeness (QED) is 0.348. The summed E-state index contributed by atoms with van der Waals surface area (Å²) in [5.41, 5.74) is 3.94. The van der Waals surface area contributed by atoms with Crippen molar-refractivity contribution < 1.29 is 0 Å². The van der Waals surface area contributed by atoms with E-state index in [9.17, 15) is 0 Å². The lowest BCUT2D eigenvalue weighted by Gasteiger charge is -2.44. The molecule has 0 aromatic heterocycles. The SMILES string of the molecule is c1cc(N=C(N2CCC2)N2CCC2)c2c(N=C(N3CCC3)N3CCC3)ccc(N=C(N3CCC3)N3CCC3)c2c1N=C(N1CCC1)N1CCC1. The van der Waals surface area contributed by atoms with E-state index < -0.39 is 0 Å². The summed E-state index contributed by atoms with van der Waals surface area (Å²) < 4.78 is 0. The number of hydrogen-bond donors (Lipinski definition) is 0. The van der Waals surface area contributed by atoms with E-state index in [0.717, 1.165) is 162 Å². The average molecular weight is 677 g/mol. The molecule has 8 fully saturated rings. The van der Waals surface area contributed by atoms with Crippen LogP contribution in [0.5, 0.6) is 0 Å². The first-order chi connectivity index (χ1) is 24.8. The van der Waals surface area contributed by atoms with Crippen molar-refractivity contribution in [2.75, 3.05) is 105 Å². The van der Waals surface area contributed by atoms with E-state index in [0.29, 0.717) is 0 Å². The smallest absolute Gasteiger partial charge is 0.201 e. The van der Waals surface area contributed by atoms with Gasteiger partial charge in [0.1, 0.15) is 0 Å². The number of fused-ring (bicyclic) bond motifs is 1. The molecule has 0 saturated carbocycles. The van der Waals surface area contributed by atoms with Crippen molar-refractivity contribution in [3.05, 3.63) is 24.3 Å². The van der Waals surface area contributed by atoms with Crippen LogP contribution in [0.3, 0.4) is 0 Å². The van der Waals surface area contributed by atoms with Gasteiger partial charge in [0.25, 0.3) is 0 Å². The van der Waals surface area contributed by atoms with Gasteiger partial charge in [0, 0.05) is 115 Å². The van der Waals surface area contributed by atoms with E-state index in [2.05, 4.69) is 63.5 Å². The van der Waals surface area contributed by atoms with Crippen LogP contribution in [-0.4, -0.2) is 168 Å². The summed E-state index contributed by atoms with van der Waals surface area (Å²) in [6.07, 6.45) is 9.86. The Balaban J connectivity index is 1.21. The Hall–Kier alpha value is -4.22. The van der Waals surface area contributed by atoms with Crippen LogP contribution >= 0.6 is 0 Å². The maximum atomic E-state index is 5.58. The molecule has 0 N–H and O–H groups in total. The minimum Gasteiger partial charge on any atom is -0.342 e. The summed E-state index contributed by atoms with van der Waals surface area (Å²) in [6, 6.07) is 8.93. The summed E-state index contributed by atoms with van der Waals surface area (Å²) in [4.78, 5) is 42.0. The predicted molar refractivity (Wildman–Crippen MR) is 202 cm³/mol. The van der Waals surface area contributed by atoms with Crippen LogP contribution in [0, 0.1) is 0 Å². The van der Waals surface area contributed by atoms with Gasteiger partial charge in [-0.1, -0.05) is 0 Å². The summed E-state index contributed by atoms with van der Waals surface area (Å²) in [5, 5.41) is 2.17. The summed E-state index contributed by atoms with van der Waals surface area (Å²) >= 11 is 0. The maximum absolute atomic E-state index is 5.58. The van der Waals surface area contributed by atoms with Crippen molar-refractivity contribution in [2.45, 2.75) is 51.4 Å². The van der Waals surface area contributed by atoms with Crippen molar-refractivity contribution in [1.82, 2.24) is 39.2 Å². The van der Waals surface area contributed by atoms with Crippen LogP contribution in [0.15, 0.2) is 44.2 Å². The van der Waals surface area contributed by atoms with Gasteiger partial charge in [-0.25, -0.2) is 20.0 Å². The van der Waals surface area contributed by atoms with Crippen LogP contribution in [0.1, 0.15) is 51.4 Å². The lowest BCUT2D eigenvalue weighted by molar-refractivity contribution is 0.207. The third-order valence-electron chi connectivity index (χ3n) is 12.1. The highest BCUT2D eigenvalue weighted by molar-refractivity contribution is 6.15. The Morgan fingerprint density at radius 1 is 0.280 bits per heavy atom. The topological polar surface area (TPSA) is 75.4 Å². The molecule has 0 atom stereocenters. The fourth-order valence-corrected chi connectivity index (χ4v) is 7.72. The number of likely N-dealkylation sites (tertiary alicyclic amines) is 8. The van der Waals surface area contributed by atoms with Crippen LogP contribution in [-0.2, 0) is 0 Å². The molecule has 12 heteroatoms. The van der Waals surface area contributed by atoms with E-state index >= 15 is 0 Å². The zero-order valence-electron chi connectivity index (χ0n) is 29.6. The number of guanidine groups is 4. The highest BCUT2D eigenvalue weighted by atomic mass is 15.4. The summed E-state index contributed by atoms with van der Waals surface area (Å²) in [6.45, 7) is 17.2. The second-order valence-corrected chi connectivity index (χ2v) is 15.3. The van der Waals surface area contributed by atoms with Crippen LogP contribution in [0.4, 0.5) is 22.7 Å². The molecule has 12 nitrogen and oxygen atoms in total. The van der Waals surface area contributed by atoms with Crippen LogP contribution in [0.2, 0.25) is 0 Å². The van der Waals surface area contributed by atoms with E-state index in [1.165, 1.54) is 51.4 Å². The fourth-order valence-electron chi connectivity index (χ4n) is 7.72. The lowest BCUT2D eigenvalue weighted by atomic mass is 10.0. The first-order valence-electron chi connectivity index (χ1n) is 19.7. The summed E-state index contributed by atoms with van der Waals surface area (Å²) in [7, 11) is 0. The van der Waals surface area contributed by atoms with Gasteiger partial charge in [0.05, 0.1) is 22.7 Å². The van der Waals surface area contributed by atoms with Gasteiger partial charge in [-0.15, -0.1) is 0 Å². The molecule has 0 spiro atoms. The Morgan fingerprint density at radius 2 is 0.440 bits per heavy atom. The number of hydrogen-bond acceptors (Lipinski definition) is 4. The molecule has 8 aliphatic heterocycles. The first kappa shape index (κ1) is 30.6. The van der Waals surface area contributed by atoms with Crippen molar-refractivity contribution in [2.24, 2.45) is 20.0 Å². The Morgan fingerprint density at radius 3 is 0.560 bits per heavy atom. The third kappa shape index (κ3) is 5.40. The number of aliphatic imine (C=N–C) groups is 4. The van der Waals surface area contributed by atoms with Gasteiger partial charge in [0.15, 0.2) is 0 Å². The molecular weight excluding hydrogens is 625 g/mol. The van der Waals surface area contributed by atoms with Gasteiger partial charge < -0.3 is 39.2 Å². The van der Waals surface area contributed by atoms with Crippen molar-refractivity contribution in [1.29, 1.82) is 0 Å². The monoisotopic (exact) mass is 676 g/mol. The molecule has 0 radical (unpaired) electrons. The van der Waals surface area contributed by atoms with E-state index in [4.69, 9.17) is 20.0 Å². The van der Waals surface area contributed by atoms with Gasteiger partial charge in [-0.05, 0) is 75.6 Å². The van der Waals surface area contributed by atoms with Crippen LogP contribution in [0.25, 0.3) is 10.8 Å². The van der Waals surface area contributed by atoms with E-state index in [1.54, 1.807) is 0 Å². The zero-order valence-corrected chi connectivity index (χ0v) is 29.6. The number of nitrogens with zero attached hydrogens (tertiary/aromatic N) is 12. The molecule has 0 aliphatic carbocycles. The highest BCUT2D eigenvalue weighted by Crippen LogP contribution is 2.46. The highest BCUT2D eigenvalue weighted by Gasteiger charge is 2.32. The molecule has 50 heavy (non-hydrogen) atoms. The van der Waals surface area contributed by atoms with Crippen molar-refractivity contribution >= 4 is 57.4 Å². The molecule has 8 heterocycles. The molecule has 264 valence electrons. The number of rotatable bonds is 4. The van der Waals surface area contributed by atoms with E-state index in [-0.39, 0.29) is 0 Å². The molecule has 8 aliphatic rings. The predicted octanol–water partition coefficient (Wildman–Crippen LogP) is 4.44. The van der Waals surface area contributed by atoms with Gasteiger partial charge in [-0.2, -0.15) is 0 Å². The molecule has 8 saturated heterocycles. The van der Waals surface area contributed by atoms with Crippen molar-refractivity contribution in [3.8, 4) is 0 Å². The van der Waals surface area contributed by atoms with Gasteiger partial charge >= 0.3 is 0 Å². The Kier molecular flexibility index (Phi) is 7.85. The lowest BCUT2D eigenvalue weighted by Crippen LogP contribution is -2.55. The minimum absolute atomic E-state index is 0.985. The molecule has 2 aromatic rings.